The zero-order valence-electron chi connectivity index (χ0n) is 9.16. The van der Waals surface area contributed by atoms with E-state index in [0.29, 0.717) is 5.95 Å². The third-order valence-electron chi connectivity index (χ3n) is 2.48. The Kier molecular flexibility index (Phi) is 3.30. The maximum Gasteiger partial charge on any atom is 0.224 e. The van der Waals surface area contributed by atoms with E-state index in [-0.39, 0.29) is 0 Å². The topological polar surface area (TPSA) is 41.1 Å². The smallest absolute Gasteiger partial charge is 0.224 e. The summed E-state index contributed by atoms with van der Waals surface area (Å²) in [5, 5.41) is 2.98. The lowest BCUT2D eigenvalue weighted by atomic mass is 10.3. The first-order valence-electron chi connectivity index (χ1n) is 5.15. The fourth-order valence-corrected chi connectivity index (χ4v) is 2.55. The number of aryl methyl sites for hydroxylation is 1. The van der Waals surface area contributed by atoms with E-state index in [1.165, 1.54) is 11.5 Å². The third-order valence-corrected chi connectivity index (χ3v) is 3.42. The Hall–Kier alpha value is -0.970. The van der Waals surface area contributed by atoms with E-state index >= 15 is 0 Å². The highest BCUT2D eigenvalue weighted by Crippen LogP contribution is 2.21. The van der Waals surface area contributed by atoms with Gasteiger partial charge in [-0.05, 0) is 6.92 Å². The molecule has 15 heavy (non-hydrogen) atoms. The predicted octanol–water partition coefficient (Wildman–Crippen LogP) is 1.38. The number of nitrogens with one attached hydrogen (secondary N) is 1. The molecule has 1 aliphatic heterocycles. The Morgan fingerprint density at radius 1 is 1.40 bits per heavy atom. The van der Waals surface area contributed by atoms with Crippen LogP contribution in [0.4, 0.5) is 11.8 Å². The van der Waals surface area contributed by atoms with E-state index in [2.05, 4.69) is 27.1 Å². The Morgan fingerprint density at radius 3 is 2.80 bits per heavy atom. The number of rotatable bonds is 2. The molecule has 0 spiro atoms. The van der Waals surface area contributed by atoms with E-state index in [1.807, 2.05) is 25.0 Å². The van der Waals surface area contributed by atoms with Gasteiger partial charge in [0.25, 0.3) is 0 Å². The lowest BCUT2D eigenvalue weighted by Gasteiger charge is -2.28. The highest BCUT2D eigenvalue weighted by atomic mass is 32.2. The molecule has 0 saturated carbocycles. The summed E-state index contributed by atoms with van der Waals surface area (Å²) >= 11 is 2.01. The third kappa shape index (κ3) is 2.34. The lowest BCUT2D eigenvalue weighted by molar-refractivity contribution is 0.830. The van der Waals surface area contributed by atoms with Gasteiger partial charge < -0.3 is 10.2 Å². The Bertz CT molecular complexity index is 336. The van der Waals surface area contributed by atoms with Crippen LogP contribution in [0.2, 0.25) is 0 Å². The van der Waals surface area contributed by atoms with Gasteiger partial charge in [-0.15, -0.1) is 0 Å². The SMILES string of the molecule is CNc1ncc(C)c(N2CCSCC2)n1. The van der Waals surface area contributed by atoms with Crippen molar-refractivity contribution < 1.29 is 0 Å². The lowest BCUT2D eigenvalue weighted by Crippen LogP contribution is -2.33. The Morgan fingerprint density at radius 2 is 2.13 bits per heavy atom. The average Bonchev–Trinajstić information content (AvgIpc) is 2.31. The van der Waals surface area contributed by atoms with Crippen LogP contribution < -0.4 is 10.2 Å². The summed E-state index contributed by atoms with van der Waals surface area (Å²) in [6, 6.07) is 0. The molecule has 1 aliphatic rings. The van der Waals surface area contributed by atoms with Gasteiger partial charge in [-0.3, -0.25) is 0 Å². The average molecular weight is 224 g/mol. The maximum absolute atomic E-state index is 4.51. The monoisotopic (exact) mass is 224 g/mol. The van der Waals surface area contributed by atoms with E-state index < -0.39 is 0 Å². The number of hydrogen-bond donors (Lipinski definition) is 1. The number of hydrogen-bond acceptors (Lipinski definition) is 5. The summed E-state index contributed by atoms with van der Waals surface area (Å²) in [5.74, 6) is 4.17. The molecule has 1 aromatic rings. The van der Waals surface area contributed by atoms with Gasteiger partial charge in [0.2, 0.25) is 5.95 Å². The molecule has 0 aliphatic carbocycles. The van der Waals surface area contributed by atoms with Crippen molar-refractivity contribution >= 4 is 23.5 Å². The van der Waals surface area contributed by atoms with Gasteiger partial charge in [0.15, 0.2) is 0 Å². The van der Waals surface area contributed by atoms with E-state index in [0.717, 1.165) is 24.5 Å². The molecular formula is C10H16N4S. The Balaban J connectivity index is 2.24. The molecule has 82 valence electrons. The van der Waals surface area contributed by atoms with Crippen LogP contribution in [0.15, 0.2) is 6.20 Å². The molecule has 0 atom stereocenters. The van der Waals surface area contributed by atoms with Crippen LogP contribution in [0.25, 0.3) is 0 Å². The molecule has 0 bridgehead atoms. The van der Waals surface area contributed by atoms with Gasteiger partial charge in [-0.1, -0.05) is 0 Å². The van der Waals surface area contributed by atoms with E-state index in [9.17, 15) is 0 Å². The second kappa shape index (κ2) is 4.70. The molecule has 0 amide bonds. The van der Waals surface area contributed by atoms with Crippen molar-refractivity contribution in [2.45, 2.75) is 6.92 Å². The molecule has 1 N–H and O–H groups in total. The molecule has 0 aromatic carbocycles. The van der Waals surface area contributed by atoms with Crippen molar-refractivity contribution in [2.75, 3.05) is 41.9 Å². The minimum atomic E-state index is 0.703. The second-order valence-electron chi connectivity index (χ2n) is 3.55. The fourth-order valence-electron chi connectivity index (χ4n) is 1.65. The van der Waals surface area contributed by atoms with Gasteiger partial charge in [0.05, 0.1) is 0 Å². The largest absolute Gasteiger partial charge is 0.357 e. The summed E-state index contributed by atoms with van der Waals surface area (Å²) < 4.78 is 0. The van der Waals surface area contributed by atoms with Crippen molar-refractivity contribution in [1.29, 1.82) is 0 Å². The van der Waals surface area contributed by atoms with Crippen LogP contribution in [-0.2, 0) is 0 Å². The van der Waals surface area contributed by atoms with Crippen LogP contribution in [0.3, 0.4) is 0 Å². The van der Waals surface area contributed by atoms with Gasteiger partial charge >= 0.3 is 0 Å². The molecule has 2 heterocycles. The van der Waals surface area contributed by atoms with E-state index in [1.54, 1.807) is 0 Å². The molecular weight excluding hydrogens is 208 g/mol. The summed E-state index contributed by atoms with van der Waals surface area (Å²) in [7, 11) is 1.85. The van der Waals surface area contributed by atoms with Crippen molar-refractivity contribution in [3.8, 4) is 0 Å². The van der Waals surface area contributed by atoms with Crippen LogP contribution in [0.1, 0.15) is 5.56 Å². The summed E-state index contributed by atoms with van der Waals surface area (Å²) in [5.41, 5.74) is 1.15. The molecule has 1 aromatic heterocycles. The van der Waals surface area contributed by atoms with Crippen molar-refractivity contribution in [3.63, 3.8) is 0 Å². The standard InChI is InChI=1S/C10H16N4S/c1-8-7-12-10(11-2)13-9(8)14-3-5-15-6-4-14/h7H,3-6H2,1-2H3,(H,11,12,13). The van der Waals surface area contributed by atoms with Crippen molar-refractivity contribution in [1.82, 2.24) is 9.97 Å². The quantitative estimate of drug-likeness (QED) is 0.822. The number of nitrogens with zero attached hydrogens (tertiary/aromatic N) is 3. The minimum absolute atomic E-state index is 0.703. The van der Waals surface area contributed by atoms with Crippen LogP contribution in [0, 0.1) is 6.92 Å². The van der Waals surface area contributed by atoms with Gasteiger partial charge in [0.1, 0.15) is 5.82 Å². The molecule has 4 nitrogen and oxygen atoms in total. The van der Waals surface area contributed by atoms with Crippen LogP contribution in [-0.4, -0.2) is 41.6 Å². The van der Waals surface area contributed by atoms with Gasteiger partial charge in [-0.25, -0.2) is 4.98 Å². The zero-order valence-corrected chi connectivity index (χ0v) is 9.97. The molecule has 1 fully saturated rings. The first kappa shape index (κ1) is 10.5. The normalized spacial score (nSPS) is 16.5. The molecule has 2 rings (SSSR count). The minimum Gasteiger partial charge on any atom is -0.357 e. The highest BCUT2D eigenvalue weighted by molar-refractivity contribution is 7.99. The first-order chi connectivity index (χ1) is 7.31. The summed E-state index contributed by atoms with van der Waals surface area (Å²) in [4.78, 5) is 11.0. The van der Waals surface area contributed by atoms with Crippen LogP contribution in [0.5, 0.6) is 0 Å². The van der Waals surface area contributed by atoms with Gasteiger partial charge in [-0.2, -0.15) is 16.7 Å². The van der Waals surface area contributed by atoms with Crippen molar-refractivity contribution in [3.05, 3.63) is 11.8 Å². The number of thioether (sulfide) groups is 1. The van der Waals surface area contributed by atoms with Crippen LogP contribution >= 0.6 is 11.8 Å². The number of anilines is 2. The highest BCUT2D eigenvalue weighted by Gasteiger charge is 2.15. The molecule has 0 unspecified atom stereocenters. The fraction of sp³-hybridized carbons (Fsp3) is 0.600. The predicted molar refractivity (Wildman–Crippen MR) is 65.9 cm³/mol. The van der Waals surface area contributed by atoms with E-state index in [4.69, 9.17) is 0 Å². The van der Waals surface area contributed by atoms with Crippen molar-refractivity contribution in [2.24, 2.45) is 0 Å². The molecule has 1 saturated heterocycles. The Labute approximate surface area is 94.5 Å². The summed E-state index contributed by atoms with van der Waals surface area (Å²) in [6.45, 7) is 4.24. The summed E-state index contributed by atoms with van der Waals surface area (Å²) in [6.07, 6.45) is 1.88. The molecule has 5 heteroatoms. The first-order valence-corrected chi connectivity index (χ1v) is 6.31. The van der Waals surface area contributed by atoms with Gasteiger partial charge in [0, 0.05) is 43.4 Å². The molecule has 0 radical (unpaired) electrons. The second-order valence-corrected chi connectivity index (χ2v) is 4.77. The number of aromatic nitrogens is 2. The maximum atomic E-state index is 4.51. The zero-order chi connectivity index (χ0) is 10.7.